The van der Waals surface area contributed by atoms with Crippen LogP contribution in [0.3, 0.4) is 0 Å². The topological polar surface area (TPSA) is 92.6 Å². The minimum Gasteiger partial charge on any atom is -0.347 e. The summed E-state index contributed by atoms with van der Waals surface area (Å²) in [6.45, 7) is 2.17. The second-order valence-corrected chi connectivity index (χ2v) is 7.57. The number of nitrogens with one attached hydrogen (secondary N) is 2. The van der Waals surface area contributed by atoms with Crippen molar-refractivity contribution >= 4 is 23.7 Å². The van der Waals surface area contributed by atoms with Crippen LogP contribution in [0, 0.1) is 12.7 Å². The number of imidazole rings is 1. The van der Waals surface area contributed by atoms with Crippen LogP contribution in [0.15, 0.2) is 66.9 Å². The van der Waals surface area contributed by atoms with Crippen LogP contribution < -0.4 is 10.6 Å². The molecule has 166 valence electrons. The Morgan fingerprint density at radius 3 is 2.39 bits per heavy atom. The van der Waals surface area contributed by atoms with Crippen molar-refractivity contribution in [2.45, 2.75) is 20.0 Å². The highest BCUT2D eigenvalue weighted by Gasteiger charge is 2.15. The molecule has 0 aliphatic rings. The molecule has 0 saturated carbocycles. The molecule has 33 heavy (non-hydrogen) atoms. The molecule has 4 aromatic rings. The smallest absolute Gasteiger partial charge is 0.271 e. The van der Waals surface area contributed by atoms with Gasteiger partial charge in [0.25, 0.3) is 11.8 Å². The molecule has 0 saturated heterocycles. The number of aryl methyl sites for hydroxylation is 1. The van der Waals surface area contributed by atoms with Crippen molar-refractivity contribution in [1.29, 1.82) is 0 Å². The molecule has 0 radical (unpaired) electrons. The number of hydrogen-bond donors (Lipinski definition) is 2. The predicted octanol–water partition coefficient (Wildman–Crippen LogP) is 3.45. The highest BCUT2D eigenvalue weighted by molar-refractivity contribution is 5.95. The number of pyridine rings is 1. The molecular formula is C25H21FN4O3. The van der Waals surface area contributed by atoms with Gasteiger partial charge in [0.15, 0.2) is 0 Å². The number of aldehydes is 1. The number of nitrogens with zero attached hydrogens (tertiary/aromatic N) is 2. The number of carbonyl (C=O) groups excluding carboxylic acids is 3. The lowest BCUT2D eigenvalue weighted by molar-refractivity contribution is 0.0935. The summed E-state index contributed by atoms with van der Waals surface area (Å²) in [5.41, 5.74) is 3.64. The third kappa shape index (κ3) is 4.95. The Labute approximate surface area is 189 Å². The Hall–Kier alpha value is -4.33. The Morgan fingerprint density at radius 2 is 1.67 bits per heavy atom. The number of halogens is 1. The van der Waals surface area contributed by atoms with E-state index in [-0.39, 0.29) is 30.5 Å². The van der Waals surface area contributed by atoms with E-state index in [9.17, 15) is 18.8 Å². The van der Waals surface area contributed by atoms with E-state index < -0.39 is 5.91 Å². The molecule has 0 bridgehead atoms. The van der Waals surface area contributed by atoms with E-state index in [1.54, 1.807) is 65.9 Å². The lowest BCUT2D eigenvalue weighted by atomic mass is 10.1. The fourth-order valence-electron chi connectivity index (χ4n) is 3.38. The number of hydrogen-bond acceptors (Lipinski definition) is 4. The van der Waals surface area contributed by atoms with E-state index in [1.165, 1.54) is 12.3 Å². The SMILES string of the molecule is Cc1cc(CNC(=O)c2cn3c(C(=O)NCc4ccc(C=O)cc4)cccc3n2)ccc1F. The highest BCUT2D eigenvalue weighted by Crippen LogP contribution is 2.12. The summed E-state index contributed by atoms with van der Waals surface area (Å²) in [6.07, 6.45) is 2.27. The first-order valence-corrected chi connectivity index (χ1v) is 10.3. The van der Waals surface area contributed by atoms with Crippen LogP contribution in [-0.2, 0) is 13.1 Å². The van der Waals surface area contributed by atoms with Crippen LogP contribution in [0.25, 0.3) is 5.65 Å². The molecule has 2 aromatic heterocycles. The van der Waals surface area contributed by atoms with Gasteiger partial charge in [0.2, 0.25) is 0 Å². The van der Waals surface area contributed by atoms with E-state index in [0.717, 1.165) is 17.4 Å². The van der Waals surface area contributed by atoms with Gasteiger partial charge in [0.1, 0.15) is 29.1 Å². The fourth-order valence-corrected chi connectivity index (χ4v) is 3.38. The molecule has 0 fully saturated rings. The van der Waals surface area contributed by atoms with Gasteiger partial charge in [-0.1, -0.05) is 42.5 Å². The van der Waals surface area contributed by atoms with Gasteiger partial charge in [-0.05, 0) is 41.8 Å². The second kappa shape index (κ2) is 9.44. The number of fused-ring (bicyclic) bond motifs is 1. The average molecular weight is 444 g/mol. The predicted molar refractivity (Wildman–Crippen MR) is 120 cm³/mol. The Morgan fingerprint density at radius 1 is 0.970 bits per heavy atom. The van der Waals surface area contributed by atoms with Crippen LogP contribution in [0.2, 0.25) is 0 Å². The minimum absolute atomic E-state index is 0.165. The van der Waals surface area contributed by atoms with E-state index in [1.807, 2.05) is 0 Å². The molecule has 2 heterocycles. The molecule has 0 unspecified atom stereocenters. The summed E-state index contributed by atoms with van der Waals surface area (Å²) in [4.78, 5) is 40.4. The number of benzene rings is 2. The van der Waals surface area contributed by atoms with Crippen LogP contribution >= 0.6 is 0 Å². The van der Waals surface area contributed by atoms with Crippen molar-refractivity contribution in [3.63, 3.8) is 0 Å². The summed E-state index contributed by atoms with van der Waals surface area (Å²) in [5, 5.41) is 5.60. The standard InChI is InChI=1S/C25H21FN4O3/c1-16-11-19(9-10-20(16)26)13-27-24(32)21-14-30-22(3-2-4-23(30)29-21)25(33)28-12-17-5-7-18(15-31)8-6-17/h2-11,14-15H,12-13H2,1H3,(H,27,32)(H,28,33). The summed E-state index contributed by atoms with van der Waals surface area (Å²) < 4.78 is 15.0. The zero-order chi connectivity index (χ0) is 23.4. The quantitative estimate of drug-likeness (QED) is 0.427. The first-order valence-electron chi connectivity index (χ1n) is 10.3. The summed E-state index contributed by atoms with van der Waals surface area (Å²) in [7, 11) is 0. The zero-order valence-electron chi connectivity index (χ0n) is 17.8. The van der Waals surface area contributed by atoms with Gasteiger partial charge < -0.3 is 10.6 Å². The van der Waals surface area contributed by atoms with Crippen molar-refractivity contribution in [1.82, 2.24) is 20.0 Å². The summed E-state index contributed by atoms with van der Waals surface area (Å²) >= 11 is 0. The third-order valence-corrected chi connectivity index (χ3v) is 5.20. The summed E-state index contributed by atoms with van der Waals surface area (Å²) in [5.74, 6) is -1.03. The minimum atomic E-state index is -0.401. The van der Waals surface area contributed by atoms with Crippen LogP contribution in [0.4, 0.5) is 4.39 Å². The zero-order valence-corrected chi connectivity index (χ0v) is 17.8. The Balaban J connectivity index is 1.46. The van der Waals surface area contributed by atoms with Crippen LogP contribution in [0.1, 0.15) is 48.0 Å². The van der Waals surface area contributed by atoms with Crippen LogP contribution in [0.5, 0.6) is 0 Å². The van der Waals surface area contributed by atoms with E-state index in [0.29, 0.717) is 22.5 Å². The van der Waals surface area contributed by atoms with Gasteiger partial charge in [0, 0.05) is 24.8 Å². The monoisotopic (exact) mass is 444 g/mol. The molecule has 0 aliphatic heterocycles. The molecule has 0 atom stereocenters. The third-order valence-electron chi connectivity index (χ3n) is 5.20. The lowest BCUT2D eigenvalue weighted by Crippen LogP contribution is -2.25. The molecule has 4 rings (SSSR count). The lowest BCUT2D eigenvalue weighted by Gasteiger charge is -2.07. The Bertz CT molecular complexity index is 1350. The van der Waals surface area contributed by atoms with Gasteiger partial charge in [-0.25, -0.2) is 9.37 Å². The van der Waals surface area contributed by atoms with Gasteiger partial charge >= 0.3 is 0 Å². The second-order valence-electron chi connectivity index (χ2n) is 7.57. The van der Waals surface area contributed by atoms with E-state index >= 15 is 0 Å². The molecule has 7 nitrogen and oxygen atoms in total. The van der Waals surface area contributed by atoms with Crippen molar-refractivity contribution in [2.75, 3.05) is 0 Å². The van der Waals surface area contributed by atoms with Gasteiger partial charge in [-0.2, -0.15) is 0 Å². The number of aromatic nitrogens is 2. The number of rotatable bonds is 7. The van der Waals surface area contributed by atoms with Crippen molar-refractivity contribution in [3.8, 4) is 0 Å². The normalized spacial score (nSPS) is 10.7. The van der Waals surface area contributed by atoms with Crippen LogP contribution in [-0.4, -0.2) is 27.5 Å². The molecule has 2 amide bonds. The van der Waals surface area contributed by atoms with Crippen molar-refractivity contribution in [2.24, 2.45) is 0 Å². The van der Waals surface area contributed by atoms with Gasteiger partial charge in [-0.3, -0.25) is 18.8 Å². The maximum absolute atomic E-state index is 13.4. The molecule has 2 aromatic carbocycles. The largest absolute Gasteiger partial charge is 0.347 e. The molecule has 0 aliphatic carbocycles. The summed E-state index contributed by atoms with van der Waals surface area (Å²) in [6, 6.07) is 16.6. The number of amides is 2. The molecule has 8 heteroatoms. The number of carbonyl (C=O) groups is 3. The Kier molecular flexibility index (Phi) is 6.26. The first-order chi connectivity index (χ1) is 15.9. The first kappa shape index (κ1) is 21.9. The fraction of sp³-hybridized carbons (Fsp3) is 0.120. The maximum atomic E-state index is 13.4. The van der Waals surface area contributed by atoms with Crippen molar-refractivity contribution < 1.29 is 18.8 Å². The molecular weight excluding hydrogens is 423 g/mol. The highest BCUT2D eigenvalue weighted by atomic mass is 19.1. The van der Waals surface area contributed by atoms with E-state index in [4.69, 9.17) is 0 Å². The molecule has 0 spiro atoms. The maximum Gasteiger partial charge on any atom is 0.271 e. The van der Waals surface area contributed by atoms with E-state index in [2.05, 4.69) is 15.6 Å². The van der Waals surface area contributed by atoms with Gasteiger partial charge in [0.05, 0.1) is 0 Å². The van der Waals surface area contributed by atoms with Gasteiger partial charge in [-0.15, -0.1) is 0 Å². The molecule has 2 N–H and O–H groups in total. The average Bonchev–Trinajstić information content (AvgIpc) is 3.28. The van der Waals surface area contributed by atoms with Crippen molar-refractivity contribution in [3.05, 3.63) is 106 Å².